The van der Waals surface area contributed by atoms with Crippen molar-refractivity contribution in [2.24, 2.45) is 0 Å². The van der Waals surface area contributed by atoms with Crippen molar-refractivity contribution in [3.8, 4) is 0 Å². The molecule has 0 atom stereocenters. The molecule has 1 heterocycles. The minimum Gasteiger partial charge on any atom is -0.253 e. The highest BCUT2D eigenvalue weighted by atomic mass is 14.8. The first-order chi connectivity index (χ1) is 6.83. The predicted molar refractivity (Wildman–Crippen MR) is 56.3 cm³/mol. The summed E-state index contributed by atoms with van der Waals surface area (Å²) in [5.41, 5.74) is 4.45. The maximum absolute atomic E-state index is 4.43. The van der Waals surface area contributed by atoms with Crippen LogP contribution in [0.1, 0.15) is 30.0 Å². The molecular weight excluding hydrogens is 172 g/mol. The molecule has 3 rings (SSSR count). The zero-order chi connectivity index (χ0) is 9.54. The van der Waals surface area contributed by atoms with Gasteiger partial charge in [0.05, 0.1) is 16.7 Å². The van der Waals surface area contributed by atoms with E-state index >= 15 is 0 Å². The summed E-state index contributed by atoms with van der Waals surface area (Å²) in [5.74, 6) is 0.794. The molecule has 2 nitrogen and oxygen atoms in total. The van der Waals surface area contributed by atoms with Gasteiger partial charge in [-0.2, -0.15) is 0 Å². The van der Waals surface area contributed by atoms with Gasteiger partial charge in [-0.05, 0) is 43.4 Å². The predicted octanol–water partition coefficient (Wildman–Crippen LogP) is 2.82. The van der Waals surface area contributed by atoms with Gasteiger partial charge in [0.1, 0.15) is 0 Å². The summed E-state index contributed by atoms with van der Waals surface area (Å²) in [6.45, 7) is 1.97. The Bertz CT molecular complexity index is 487. The van der Waals surface area contributed by atoms with E-state index in [1.165, 1.54) is 18.4 Å². The molecule has 2 heteroatoms. The minimum atomic E-state index is 0.794. The molecule has 0 spiro atoms. The van der Waals surface area contributed by atoms with Crippen molar-refractivity contribution in [3.05, 3.63) is 35.7 Å². The van der Waals surface area contributed by atoms with Crippen molar-refractivity contribution in [2.45, 2.75) is 25.7 Å². The highest BCUT2D eigenvalue weighted by molar-refractivity contribution is 5.75. The van der Waals surface area contributed by atoms with Crippen LogP contribution in [-0.4, -0.2) is 9.97 Å². The van der Waals surface area contributed by atoms with E-state index in [2.05, 4.69) is 28.2 Å². The lowest BCUT2D eigenvalue weighted by molar-refractivity contribution is 1.12. The Morgan fingerprint density at radius 1 is 1.21 bits per heavy atom. The lowest BCUT2D eigenvalue weighted by Gasteiger charge is -2.01. The highest BCUT2D eigenvalue weighted by Gasteiger charge is 2.23. The smallest absolute Gasteiger partial charge is 0.0890 e. The van der Waals surface area contributed by atoms with Gasteiger partial charge in [-0.25, -0.2) is 4.98 Å². The summed E-state index contributed by atoms with van der Waals surface area (Å²) in [6.07, 6.45) is 4.51. The van der Waals surface area contributed by atoms with E-state index in [4.69, 9.17) is 0 Å². The Morgan fingerprint density at radius 2 is 2.07 bits per heavy atom. The number of aromatic nitrogens is 2. The van der Waals surface area contributed by atoms with Crippen molar-refractivity contribution in [1.82, 2.24) is 9.97 Å². The van der Waals surface area contributed by atoms with E-state index < -0.39 is 0 Å². The average molecular weight is 184 g/mol. The maximum Gasteiger partial charge on any atom is 0.0890 e. The molecule has 0 saturated heterocycles. The van der Waals surface area contributed by atoms with Crippen LogP contribution in [0.2, 0.25) is 0 Å². The molecule has 70 valence electrons. The number of hydrogen-bond donors (Lipinski definition) is 0. The SMILES string of the molecule is Cc1cnc2cc(C3CC3)ccc2n1. The van der Waals surface area contributed by atoms with Crippen LogP contribution < -0.4 is 0 Å². The second-order valence-electron chi connectivity index (χ2n) is 4.03. The van der Waals surface area contributed by atoms with Gasteiger partial charge in [0.15, 0.2) is 0 Å². The quantitative estimate of drug-likeness (QED) is 0.681. The fourth-order valence-electron chi connectivity index (χ4n) is 1.79. The van der Waals surface area contributed by atoms with Crippen molar-refractivity contribution in [3.63, 3.8) is 0 Å². The number of aryl methyl sites for hydroxylation is 1. The van der Waals surface area contributed by atoms with E-state index in [0.717, 1.165) is 22.6 Å². The van der Waals surface area contributed by atoms with Crippen LogP contribution >= 0.6 is 0 Å². The molecule has 0 unspecified atom stereocenters. The third-order valence-electron chi connectivity index (χ3n) is 2.74. The summed E-state index contributed by atoms with van der Waals surface area (Å²) in [4.78, 5) is 8.82. The van der Waals surface area contributed by atoms with Gasteiger partial charge in [0, 0.05) is 6.20 Å². The molecule has 14 heavy (non-hydrogen) atoms. The zero-order valence-corrected chi connectivity index (χ0v) is 8.20. The summed E-state index contributed by atoms with van der Waals surface area (Å²) >= 11 is 0. The van der Waals surface area contributed by atoms with Crippen molar-refractivity contribution in [1.29, 1.82) is 0 Å². The van der Waals surface area contributed by atoms with Crippen molar-refractivity contribution < 1.29 is 0 Å². The lowest BCUT2D eigenvalue weighted by atomic mass is 10.1. The Kier molecular flexibility index (Phi) is 1.57. The minimum absolute atomic E-state index is 0.794. The van der Waals surface area contributed by atoms with Gasteiger partial charge < -0.3 is 0 Å². The maximum atomic E-state index is 4.43. The summed E-state index contributed by atoms with van der Waals surface area (Å²) in [6, 6.07) is 6.45. The number of hydrogen-bond acceptors (Lipinski definition) is 2. The van der Waals surface area contributed by atoms with E-state index in [9.17, 15) is 0 Å². The van der Waals surface area contributed by atoms with Crippen molar-refractivity contribution in [2.75, 3.05) is 0 Å². The number of nitrogens with zero attached hydrogens (tertiary/aromatic N) is 2. The van der Waals surface area contributed by atoms with Gasteiger partial charge in [-0.15, -0.1) is 0 Å². The van der Waals surface area contributed by atoms with Crippen LogP contribution in [0.15, 0.2) is 24.4 Å². The molecule has 1 aromatic carbocycles. The number of benzene rings is 1. The first-order valence-corrected chi connectivity index (χ1v) is 5.06. The van der Waals surface area contributed by atoms with Gasteiger partial charge >= 0.3 is 0 Å². The Labute approximate surface area is 83.0 Å². The molecular formula is C12H12N2. The second-order valence-corrected chi connectivity index (χ2v) is 4.03. The first kappa shape index (κ1) is 7.92. The molecule has 0 radical (unpaired) electrons. The van der Waals surface area contributed by atoms with E-state index in [-0.39, 0.29) is 0 Å². The Balaban J connectivity index is 2.18. The number of rotatable bonds is 1. The fourth-order valence-corrected chi connectivity index (χ4v) is 1.79. The average Bonchev–Trinajstić information content (AvgIpc) is 3.00. The molecule has 2 aromatic rings. The van der Waals surface area contributed by atoms with Crippen LogP contribution in [-0.2, 0) is 0 Å². The van der Waals surface area contributed by atoms with Crippen LogP contribution in [0.4, 0.5) is 0 Å². The molecule has 1 aliphatic carbocycles. The zero-order valence-electron chi connectivity index (χ0n) is 8.20. The number of fused-ring (bicyclic) bond motifs is 1. The molecule has 0 N–H and O–H groups in total. The molecule has 0 bridgehead atoms. The summed E-state index contributed by atoms with van der Waals surface area (Å²) < 4.78 is 0. The molecule has 0 amide bonds. The second kappa shape index (κ2) is 2.77. The van der Waals surface area contributed by atoms with E-state index in [1.54, 1.807) is 0 Å². The van der Waals surface area contributed by atoms with Gasteiger partial charge in [0.25, 0.3) is 0 Å². The fraction of sp³-hybridized carbons (Fsp3) is 0.333. The first-order valence-electron chi connectivity index (χ1n) is 5.06. The van der Waals surface area contributed by atoms with Crippen LogP contribution in [0.25, 0.3) is 11.0 Å². The molecule has 1 aromatic heterocycles. The van der Waals surface area contributed by atoms with Gasteiger partial charge in [-0.3, -0.25) is 4.98 Å². The van der Waals surface area contributed by atoms with Crippen molar-refractivity contribution >= 4 is 11.0 Å². The van der Waals surface area contributed by atoms with Gasteiger partial charge in [-0.1, -0.05) is 6.07 Å². The van der Waals surface area contributed by atoms with Gasteiger partial charge in [0.2, 0.25) is 0 Å². The standard InChI is InChI=1S/C12H12N2/c1-8-7-13-12-6-10(9-2-3-9)4-5-11(12)14-8/h4-7,9H,2-3H2,1H3. The monoisotopic (exact) mass is 184 g/mol. The topological polar surface area (TPSA) is 25.8 Å². The van der Waals surface area contributed by atoms with E-state index in [1.807, 2.05) is 13.1 Å². The highest BCUT2D eigenvalue weighted by Crippen LogP contribution is 2.40. The lowest BCUT2D eigenvalue weighted by Crippen LogP contribution is -1.88. The Morgan fingerprint density at radius 3 is 2.86 bits per heavy atom. The van der Waals surface area contributed by atoms with Crippen LogP contribution in [0.5, 0.6) is 0 Å². The molecule has 0 aliphatic heterocycles. The molecule has 1 aliphatic rings. The Hall–Kier alpha value is -1.44. The third-order valence-corrected chi connectivity index (χ3v) is 2.74. The third kappa shape index (κ3) is 1.27. The van der Waals surface area contributed by atoms with E-state index in [0.29, 0.717) is 0 Å². The summed E-state index contributed by atoms with van der Waals surface area (Å²) in [7, 11) is 0. The molecule has 1 saturated carbocycles. The van der Waals surface area contributed by atoms with Crippen LogP contribution in [0.3, 0.4) is 0 Å². The van der Waals surface area contributed by atoms with Crippen LogP contribution in [0, 0.1) is 6.92 Å². The normalized spacial score (nSPS) is 16.1. The largest absolute Gasteiger partial charge is 0.253 e. The summed E-state index contributed by atoms with van der Waals surface area (Å²) in [5, 5.41) is 0. The molecule has 1 fully saturated rings.